The Balaban J connectivity index is 1.46. The average molecular weight is 288 g/mol. The molecule has 0 unspecified atom stereocenters. The van der Waals surface area contributed by atoms with E-state index in [9.17, 15) is 4.39 Å². The lowest BCUT2D eigenvalue weighted by Gasteiger charge is -2.45. The Morgan fingerprint density at radius 3 is 2.76 bits per heavy atom. The van der Waals surface area contributed by atoms with Gasteiger partial charge in [-0.1, -0.05) is 0 Å². The van der Waals surface area contributed by atoms with Crippen molar-refractivity contribution >= 4 is 17.5 Å². The van der Waals surface area contributed by atoms with Gasteiger partial charge in [0.15, 0.2) is 5.82 Å². The average Bonchev–Trinajstić information content (AvgIpc) is 3.20. The van der Waals surface area contributed by atoms with Gasteiger partial charge in [-0.25, -0.2) is 14.4 Å². The smallest absolute Gasteiger partial charge is 0.153 e. The van der Waals surface area contributed by atoms with Crippen molar-refractivity contribution in [2.75, 3.05) is 23.3 Å². The predicted octanol–water partition coefficient (Wildman–Crippen LogP) is 2.19. The number of aromatic nitrogens is 4. The molecule has 0 amide bonds. The largest absolute Gasteiger partial charge is 0.350 e. The minimum atomic E-state index is -1.00. The second-order valence-electron chi connectivity index (χ2n) is 5.99. The number of nitrogens with zero attached hydrogens (tertiary/aromatic N) is 4. The summed E-state index contributed by atoms with van der Waals surface area (Å²) in [7, 11) is 0. The van der Waals surface area contributed by atoms with E-state index in [-0.39, 0.29) is 5.92 Å². The van der Waals surface area contributed by atoms with E-state index >= 15 is 0 Å². The summed E-state index contributed by atoms with van der Waals surface area (Å²) in [6, 6.07) is 3.72. The van der Waals surface area contributed by atoms with Crippen LogP contribution in [0.3, 0.4) is 0 Å². The minimum absolute atomic E-state index is 0.264. The van der Waals surface area contributed by atoms with Crippen LogP contribution in [0.4, 0.5) is 21.8 Å². The van der Waals surface area contributed by atoms with Crippen LogP contribution < -0.4 is 10.2 Å². The first-order valence-electron chi connectivity index (χ1n) is 7.17. The van der Waals surface area contributed by atoms with E-state index < -0.39 is 5.67 Å². The molecule has 4 rings (SSSR count). The molecule has 2 aliphatic rings. The molecule has 21 heavy (non-hydrogen) atoms. The normalized spacial score (nSPS) is 20.2. The molecule has 0 spiro atoms. The lowest BCUT2D eigenvalue weighted by molar-refractivity contribution is 0.0925. The highest BCUT2D eigenvalue weighted by atomic mass is 19.1. The molecule has 7 heteroatoms. The Kier molecular flexibility index (Phi) is 2.63. The van der Waals surface area contributed by atoms with E-state index in [0.717, 1.165) is 24.4 Å². The molecular weight excluding hydrogens is 271 g/mol. The second kappa shape index (κ2) is 4.41. The van der Waals surface area contributed by atoms with Gasteiger partial charge in [-0.15, -0.1) is 0 Å². The molecule has 0 aromatic carbocycles. The number of rotatable bonds is 4. The fourth-order valence-electron chi connectivity index (χ4n) is 2.81. The van der Waals surface area contributed by atoms with Gasteiger partial charge in [0.25, 0.3) is 0 Å². The van der Waals surface area contributed by atoms with Gasteiger partial charge in [0.2, 0.25) is 0 Å². The van der Waals surface area contributed by atoms with Crippen molar-refractivity contribution in [1.29, 1.82) is 0 Å². The fraction of sp³-hybridized carbons (Fsp3) is 0.500. The molecule has 0 radical (unpaired) electrons. The van der Waals surface area contributed by atoms with E-state index in [1.54, 1.807) is 0 Å². The maximum absolute atomic E-state index is 14.4. The highest BCUT2D eigenvalue weighted by Crippen LogP contribution is 2.48. The molecule has 1 saturated carbocycles. The van der Waals surface area contributed by atoms with E-state index in [2.05, 4.69) is 25.5 Å². The summed E-state index contributed by atoms with van der Waals surface area (Å²) < 4.78 is 14.4. The number of halogens is 1. The molecule has 0 atom stereocenters. The summed E-state index contributed by atoms with van der Waals surface area (Å²) in [6.45, 7) is 2.81. The maximum atomic E-state index is 14.4. The summed E-state index contributed by atoms with van der Waals surface area (Å²) in [6.07, 6.45) is 3.55. The van der Waals surface area contributed by atoms with Crippen molar-refractivity contribution in [3.8, 4) is 0 Å². The Morgan fingerprint density at radius 2 is 2.10 bits per heavy atom. The summed E-state index contributed by atoms with van der Waals surface area (Å²) in [4.78, 5) is 10.4. The molecule has 2 aromatic heterocycles. The van der Waals surface area contributed by atoms with Crippen molar-refractivity contribution in [3.05, 3.63) is 24.2 Å². The van der Waals surface area contributed by atoms with Crippen molar-refractivity contribution < 1.29 is 4.39 Å². The molecule has 0 bridgehead atoms. The fourth-order valence-corrected chi connectivity index (χ4v) is 2.81. The first-order valence-corrected chi connectivity index (χ1v) is 7.17. The Labute approximate surface area is 121 Å². The maximum Gasteiger partial charge on any atom is 0.153 e. The number of nitrogens with one attached hydrogen (secondary N) is 2. The highest BCUT2D eigenvalue weighted by molar-refractivity contribution is 5.57. The standard InChI is InChI=1S/C14H17FN6/c1-9-4-12(20-19-9)18-11-5-13(17-8-16-11)21-6-14(15,7-21)10-2-3-10/h4-5,8,10H,2-3,6-7H2,1H3,(H2,16,17,18,19,20). The van der Waals surface area contributed by atoms with E-state index in [1.807, 2.05) is 24.0 Å². The van der Waals surface area contributed by atoms with Crippen LogP contribution >= 0.6 is 0 Å². The quantitative estimate of drug-likeness (QED) is 0.902. The molecule has 2 aromatic rings. The first kappa shape index (κ1) is 12.6. The molecule has 110 valence electrons. The number of anilines is 3. The number of aryl methyl sites for hydroxylation is 1. The van der Waals surface area contributed by atoms with Crippen LogP contribution in [0.25, 0.3) is 0 Å². The lowest BCUT2D eigenvalue weighted by Crippen LogP contribution is -2.60. The second-order valence-corrected chi connectivity index (χ2v) is 5.99. The minimum Gasteiger partial charge on any atom is -0.350 e. The Morgan fingerprint density at radius 1 is 1.29 bits per heavy atom. The van der Waals surface area contributed by atoms with Gasteiger partial charge in [0, 0.05) is 17.8 Å². The van der Waals surface area contributed by atoms with E-state index in [1.165, 1.54) is 6.33 Å². The first-order chi connectivity index (χ1) is 10.1. The van der Waals surface area contributed by atoms with Crippen LogP contribution in [0.5, 0.6) is 0 Å². The van der Waals surface area contributed by atoms with Crippen LogP contribution in [0, 0.1) is 12.8 Å². The molecule has 3 heterocycles. The molecule has 2 N–H and O–H groups in total. The molecule has 1 aliphatic carbocycles. The van der Waals surface area contributed by atoms with Crippen LogP contribution in [-0.2, 0) is 0 Å². The van der Waals surface area contributed by atoms with Crippen molar-refractivity contribution in [2.45, 2.75) is 25.4 Å². The third kappa shape index (κ3) is 2.32. The van der Waals surface area contributed by atoms with Crippen LogP contribution in [0.1, 0.15) is 18.5 Å². The van der Waals surface area contributed by atoms with Gasteiger partial charge in [0.1, 0.15) is 23.6 Å². The molecular formula is C14H17FN6. The van der Waals surface area contributed by atoms with Gasteiger partial charge in [-0.3, -0.25) is 5.10 Å². The zero-order valence-corrected chi connectivity index (χ0v) is 11.8. The Bertz CT molecular complexity index is 659. The predicted molar refractivity (Wildman–Crippen MR) is 77.4 cm³/mol. The van der Waals surface area contributed by atoms with Crippen molar-refractivity contribution in [3.63, 3.8) is 0 Å². The van der Waals surface area contributed by atoms with E-state index in [4.69, 9.17) is 0 Å². The number of hydrogen-bond acceptors (Lipinski definition) is 5. The van der Waals surface area contributed by atoms with Gasteiger partial charge in [-0.05, 0) is 25.7 Å². The topological polar surface area (TPSA) is 69.7 Å². The van der Waals surface area contributed by atoms with Crippen LogP contribution in [0.2, 0.25) is 0 Å². The molecule has 2 fully saturated rings. The van der Waals surface area contributed by atoms with Gasteiger partial charge >= 0.3 is 0 Å². The SMILES string of the molecule is Cc1cc(Nc2cc(N3CC(F)(C4CC4)C3)ncn2)n[nH]1. The van der Waals surface area contributed by atoms with Crippen molar-refractivity contribution in [2.24, 2.45) is 5.92 Å². The third-order valence-electron chi connectivity index (χ3n) is 4.16. The molecule has 1 saturated heterocycles. The number of alkyl halides is 1. The zero-order valence-electron chi connectivity index (χ0n) is 11.8. The number of hydrogen-bond donors (Lipinski definition) is 2. The monoisotopic (exact) mass is 288 g/mol. The number of H-pyrrole nitrogens is 1. The highest BCUT2D eigenvalue weighted by Gasteiger charge is 2.54. The molecule has 6 nitrogen and oxygen atoms in total. The summed E-state index contributed by atoms with van der Waals surface area (Å²) >= 11 is 0. The third-order valence-corrected chi connectivity index (χ3v) is 4.16. The van der Waals surface area contributed by atoms with E-state index in [0.29, 0.717) is 24.7 Å². The summed E-state index contributed by atoms with van der Waals surface area (Å²) in [5.74, 6) is 2.39. The lowest BCUT2D eigenvalue weighted by atomic mass is 9.91. The van der Waals surface area contributed by atoms with Crippen LogP contribution in [0.15, 0.2) is 18.5 Å². The van der Waals surface area contributed by atoms with Crippen molar-refractivity contribution in [1.82, 2.24) is 20.2 Å². The van der Waals surface area contributed by atoms with Gasteiger partial charge < -0.3 is 10.2 Å². The summed E-state index contributed by atoms with van der Waals surface area (Å²) in [5, 5.41) is 10.1. The van der Waals surface area contributed by atoms with Crippen LogP contribution in [-0.4, -0.2) is 38.9 Å². The molecule has 1 aliphatic heterocycles. The zero-order chi connectivity index (χ0) is 14.4. The Hall–Kier alpha value is -2.18. The summed E-state index contributed by atoms with van der Waals surface area (Å²) in [5.41, 5.74) is -0.0288. The number of aromatic amines is 1. The van der Waals surface area contributed by atoms with Gasteiger partial charge in [-0.2, -0.15) is 5.10 Å². The van der Waals surface area contributed by atoms with Gasteiger partial charge in [0.05, 0.1) is 13.1 Å².